The molecule has 1 rings (SSSR count). The Kier molecular flexibility index (Phi) is 6.72. The Morgan fingerprint density at radius 1 is 1.38 bits per heavy atom. The van der Waals surface area contributed by atoms with Crippen LogP contribution in [0.3, 0.4) is 0 Å². The van der Waals surface area contributed by atoms with Crippen molar-refractivity contribution in [2.24, 2.45) is 5.92 Å². The highest BCUT2D eigenvalue weighted by molar-refractivity contribution is 5.83. The minimum atomic E-state index is -0.869. The van der Waals surface area contributed by atoms with Crippen LogP contribution in [0.2, 0.25) is 0 Å². The van der Waals surface area contributed by atoms with Gasteiger partial charge in [0.05, 0.1) is 18.9 Å². The van der Waals surface area contributed by atoms with Crippen LogP contribution in [-0.4, -0.2) is 30.6 Å². The maximum absolute atomic E-state index is 12.1. The summed E-state index contributed by atoms with van der Waals surface area (Å²) in [6.07, 6.45) is 1.33. The third kappa shape index (κ3) is 5.10. The van der Waals surface area contributed by atoms with Gasteiger partial charge in [0.25, 0.3) is 0 Å². The molecule has 0 aliphatic heterocycles. The van der Waals surface area contributed by atoms with Gasteiger partial charge in [0.15, 0.2) is 0 Å². The van der Waals surface area contributed by atoms with E-state index in [9.17, 15) is 9.59 Å². The molecule has 0 aromatic heterocycles. The summed E-state index contributed by atoms with van der Waals surface area (Å²) in [4.78, 5) is 23.2. The first-order chi connectivity index (χ1) is 9.99. The van der Waals surface area contributed by atoms with Gasteiger partial charge in [-0.15, -0.1) is 0 Å². The van der Waals surface area contributed by atoms with E-state index in [1.54, 1.807) is 14.0 Å². The molecule has 116 valence electrons. The van der Waals surface area contributed by atoms with Crippen molar-refractivity contribution in [2.45, 2.75) is 32.6 Å². The van der Waals surface area contributed by atoms with Crippen LogP contribution in [0, 0.1) is 5.92 Å². The molecule has 0 aliphatic rings. The summed E-state index contributed by atoms with van der Waals surface area (Å²) < 4.78 is 5.14. The molecule has 2 atom stereocenters. The molecule has 0 radical (unpaired) electrons. The Bertz CT molecular complexity index is 487. The standard InChI is InChI=1S/C16H23NO4/c1-4-6-13(16(19)20)10-17-15(18)11(2)12-7-5-8-14(9-12)21-3/h5,7-9,11,13H,4,6,10H2,1-3H3,(H,17,18)(H,19,20). The van der Waals surface area contributed by atoms with Crippen LogP contribution in [0.25, 0.3) is 0 Å². The molecule has 1 aromatic carbocycles. The van der Waals surface area contributed by atoms with Gasteiger partial charge in [-0.1, -0.05) is 25.5 Å². The molecule has 0 saturated carbocycles. The summed E-state index contributed by atoms with van der Waals surface area (Å²) in [7, 11) is 1.58. The average molecular weight is 293 g/mol. The first-order valence-corrected chi connectivity index (χ1v) is 7.14. The normalized spacial score (nSPS) is 13.3. The van der Waals surface area contributed by atoms with Gasteiger partial charge in [0.1, 0.15) is 5.75 Å². The number of carboxylic acids is 1. The van der Waals surface area contributed by atoms with Crippen molar-refractivity contribution in [1.29, 1.82) is 0 Å². The lowest BCUT2D eigenvalue weighted by atomic mass is 9.99. The monoisotopic (exact) mass is 293 g/mol. The maximum Gasteiger partial charge on any atom is 0.308 e. The molecule has 2 unspecified atom stereocenters. The van der Waals surface area contributed by atoms with Crippen molar-refractivity contribution < 1.29 is 19.4 Å². The van der Waals surface area contributed by atoms with Gasteiger partial charge < -0.3 is 15.2 Å². The Hall–Kier alpha value is -2.04. The quantitative estimate of drug-likeness (QED) is 0.772. The summed E-state index contributed by atoms with van der Waals surface area (Å²) in [5, 5.41) is 11.8. The van der Waals surface area contributed by atoms with Crippen LogP contribution in [0.15, 0.2) is 24.3 Å². The number of amides is 1. The Labute approximate surface area is 125 Å². The topological polar surface area (TPSA) is 75.6 Å². The van der Waals surface area contributed by atoms with Crippen molar-refractivity contribution >= 4 is 11.9 Å². The zero-order valence-corrected chi connectivity index (χ0v) is 12.8. The highest BCUT2D eigenvalue weighted by Gasteiger charge is 2.20. The number of hydrogen-bond acceptors (Lipinski definition) is 3. The zero-order chi connectivity index (χ0) is 15.8. The second-order valence-electron chi connectivity index (χ2n) is 5.07. The van der Waals surface area contributed by atoms with Crippen molar-refractivity contribution in [2.75, 3.05) is 13.7 Å². The molecule has 0 aliphatic carbocycles. The van der Waals surface area contributed by atoms with Crippen LogP contribution < -0.4 is 10.1 Å². The number of rotatable bonds is 8. The van der Waals surface area contributed by atoms with Crippen molar-refractivity contribution in [3.05, 3.63) is 29.8 Å². The van der Waals surface area contributed by atoms with Gasteiger partial charge in [-0.3, -0.25) is 9.59 Å². The summed E-state index contributed by atoms with van der Waals surface area (Å²) in [6, 6.07) is 7.31. The van der Waals surface area contributed by atoms with Gasteiger partial charge in [-0.2, -0.15) is 0 Å². The first-order valence-electron chi connectivity index (χ1n) is 7.14. The van der Waals surface area contributed by atoms with Crippen LogP contribution >= 0.6 is 0 Å². The van der Waals surface area contributed by atoms with Gasteiger partial charge in [-0.05, 0) is 31.0 Å². The number of carbonyl (C=O) groups excluding carboxylic acids is 1. The molecule has 21 heavy (non-hydrogen) atoms. The lowest BCUT2D eigenvalue weighted by molar-refractivity contribution is -0.142. The molecule has 0 bridgehead atoms. The van der Waals surface area contributed by atoms with Crippen LogP contribution in [-0.2, 0) is 9.59 Å². The lowest BCUT2D eigenvalue weighted by Crippen LogP contribution is -2.35. The van der Waals surface area contributed by atoms with Gasteiger partial charge in [0.2, 0.25) is 5.91 Å². The fourth-order valence-electron chi connectivity index (χ4n) is 2.10. The minimum absolute atomic E-state index is 0.163. The van der Waals surface area contributed by atoms with E-state index in [1.165, 1.54) is 0 Å². The molecule has 0 fully saturated rings. The largest absolute Gasteiger partial charge is 0.497 e. The second kappa shape index (κ2) is 8.29. The van der Waals surface area contributed by atoms with E-state index in [-0.39, 0.29) is 18.4 Å². The Balaban J connectivity index is 2.63. The SMILES string of the molecule is CCCC(CNC(=O)C(C)c1cccc(OC)c1)C(=O)O. The molecule has 0 heterocycles. The average Bonchev–Trinajstić information content (AvgIpc) is 2.50. The molecule has 1 amide bonds. The number of nitrogens with one attached hydrogen (secondary N) is 1. The number of methoxy groups -OCH3 is 1. The lowest BCUT2D eigenvalue weighted by Gasteiger charge is -2.16. The van der Waals surface area contributed by atoms with E-state index >= 15 is 0 Å². The van der Waals surface area contributed by atoms with Crippen molar-refractivity contribution in [3.8, 4) is 5.75 Å². The van der Waals surface area contributed by atoms with Gasteiger partial charge in [0, 0.05) is 6.54 Å². The summed E-state index contributed by atoms with van der Waals surface area (Å²) in [6.45, 7) is 3.88. The summed E-state index contributed by atoms with van der Waals surface area (Å²) >= 11 is 0. The smallest absolute Gasteiger partial charge is 0.308 e. The minimum Gasteiger partial charge on any atom is -0.497 e. The number of carboxylic acid groups (broad SMARTS) is 1. The van der Waals surface area contributed by atoms with Crippen LogP contribution in [0.1, 0.15) is 38.2 Å². The predicted octanol–water partition coefficient (Wildman–Crippen LogP) is 2.42. The third-order valence-electron chi connectivity index (χ3n) is 3.50. The second-order valence-corrected chi connectivity index (χ2v) is 5.07. The highest BCUT2D eigenvalue weighted by atomic mass is 16.5. The van der Waals surface area contributed by atoms with E-state index in [0.717, 1.165) is 12.0 Å². The number of benzene rings is 1. The van der Waals surface area contributed by atoms with Gasteiger partial charge in [-0.25, -0.2) is 0 Å². The first kappa shape index (κ1) is 17.0. The number of carbonyl (C=O) groups is 2. The number of hydrogen-bond donors (Lipinski definition) is 2. The maximum atomic E-state index is 12.1. The van der Waals surface area contributed by atoms with E-state index in [2.05, 4.69) is 5.32 Å². The molecule has 5 heteroatoms. The molecular weight excluding hydrogens is 270 g/mol. The van der Waals surface area contributed by atoms with E-state index in [4.69, 9.17) is 9.84 Å². The number of aliphatic carboxylic acids is 1. The predicted molar refractivity (Wildman–Crippen MR) is 80.5 cm³/mol. The molecule has 0 spiro atoms. The zero-order valence-electron chi connectivity index (χ0n) is 12.8. The molecule has 2 N–H and O–H groups in total. The van der Waals surface area contributed by atoms with Crippen LogP contribution in [0.4, 0.5) is 0 Å². The fraction of sp³-hybridized carbons (Fsp3) is 0.500. The fourth-order valence-corrected chi connectivity index (χ4v) is 2.10. The van der Waals surface area contributed by atoms with Crippen molar-refractivity contribution in [3.63, 3.8) is 0 Å². The van der Waals surface area contributed by atoms with Gasteiger partial charge >= 0.3 is 5.97 Å². The molecule has 5 nitrogen and oxygen atoms in total. The Morgan fingerprint density at radius 3 is 2.67 bits per heavy atom. The molecule has 1 aromatic rings. The molecular formula is C16H23NO4. The highest BCUT2D eigenvalue weighted by Crippen LogP contribution is 2.20. The summed E-state index contributed by atoms with van der Waals surface area (Å²) in [5.41, 5.74) is 0.842. The Morgan fingerprint density at radius 2 is 2.10 bits per heavy atom. The molecule has 0 saturated heterocycles. The van der Waals surface area contributed by atoms with E-state index in [1.807, 2.05) is 31.2 Å². The van der Waals surface area contributed by atoms with E-state index < -0.39 is 11.9 Å². The number of ether oxygens (including phenoxy) is 1. The van der Waals surface area contributed by atoms with E-state index in [0.29, 0.717) is 12.2 Å². The summed E-state index contributed by atoms with van der Waals surface area (Å²) in [5.74, 6) is -1.23. The van der Waals surface area contributed by atoms with Crippen molar-refractivity contribution in [1.82, 2.24) is 5.32 Å². The third-order valence-corrected chi connectivity index (χ3v) is 3.50. The van der Waals surface area contributed by atoms with Crippen LogP contribution in [0.5, 0.6) is 5.75 Å².